The average molecular weight is 320 g/mol. The molecule has 0 radical (unpaired) electrons. The summed E-state index contributed by atoms with van der Waals surface area (Å²) >= 11 is 3.51. The summed E-state index contributed by atoms with van der Waals surface area (Å²) in [5.74, 6) is 0. The lowest BCUT2D eigenvalue weighted by Crippen LogP contribution is -2.18. The van der Waals surface area contributed by atoms with E-state index in [2.05, 4.69) is 46.0 Å². The molecule has 0 spiro atoms. The molecule has 0 aromatic heterocycles. The Kier molecular flexibility index (Phi) is 4.61. The molecule has 3 heteroatoms. The third-order valence-electron chi connectivity index (χ3n) is 3.12. The van der Waals surface area contributed by atoms with Crippen LogP contribution in [0.25, 0.3) is 0 Å². The molecule has 1 N–H and O–H groups in total. The highest BCUT2D eigenvalue weighted by molar-refractivity contribution is 9.10. The molecule has 0 aliphatic heterocycles. The van der Waals surface area contributed by atoms with Crippen LogP contribution in [0.15, 0.2) is 53.0 Å². The zero-order valence-corrected chi connectivity index (χ0v) is 12.8. The summed E-state index contributed by atoms with van der Waals surface area (Å²) < 4.78 is 1.02. The van der Waals surface area contributed by atoms with Crippen molar-refractivity contribution in [1.82, 2.24) is 0 Å². The summed E-state index contributed by atoms with van der Waals surface area (Å²) in [6.45, 7) is 4.76. The fourth-order valence-electron chi connectivity index (χ4n) is 2.20. The Balaban J connectivity index is 2.52. The van der Waals surface area contributed by atoms with E-state index in [1.165, 1.54) is 0 Å². The zero-order valence-electron chi connectivity index (χ0n) is 11.2. The fourth-order valence-corrected chi connectivity index (χ4v) is 2.55. The van der Waals surface area contributed by atoms with Gasteiger partial charge < -0.3 is 10.0 Å². The number of anilines is 2. The smallest absolute Gasteiger partial charge is 0.0782 e. The van der Waals surface area contributed by atoms with E-state index >= 15 is 0 Å². The average Bonchev–Trinajstić information content (AvgIpc) is 2.40. The molecule has 2 rings (SSSR count). The molecule has 0 aliphatic carbocycles. The first-order chi connectivity index (χ1) is 9.13. The van der Waals surface area contributed by atoms with Crippen molar-refractivity contribution in [2.45, 2.75) is 20.0 Å². The second kappa shape index (κ2) is 6.22. The second-order valence-electron chi connectivity index (χ2n) is 4.46. The Labute approximate surface area is 122 Å². The maximum Gasteiger partial charge on any atom is 0.0782 e. The Bertz CT molecular complexity index is 540. The van der Waals surface area contributed by atoms with Crippen LogP contribution in [0.1, 0.15) is 25.5 Å². The zero-order chi connectivity index (χ0) is 13.8. The molecule has 0 amide bonds. The Morgan fingerprint density at radius 2 is 1.84 bits per heavy atom. The van der Waals surface area contributed by atoms with Crippen LogP contribution < -0.4 is 4.90 Å². The summed E-state index contributed by atoms with van der Waals surface area (Å²) in [5.41, 5.74) is 3.11. The lowest BCUT2D eigenvalue weighted by atomic mass is 10.1. The molecule has 0 aliphatic rings. The van der Waals surface area contributed by atoms with Gasteiger partial charge in [0.15, 0.2) is 0 Å². The SMILES string of the molecule is CCN(c1ccccc1)c1cc(Br)ccc1C(C)O. The Hall–Kier alpha value is -1.32. The summed E-state index contributed by atoms with van der Waals surface area (Å²) in [7, 11) is 0. The van der Waals surface area contributed by atoms with Crippen LogP contribution in [-0.2, 0) is 0 Å². The van der Waals surface area contributed by atoms with Crippen LogP contribution in [0, 0.1) is 0 Å². The summed E-state index contributed by atoms with van der Waals surface area (Å²) in [6, 6.07) is 16.2. The van der Waals surface area contributed by atoms with Crippen LogP contribution in [0.3, 0.4) is 0 Å². The van der Waals surface area contributed by atoms with Gasteiger partial charge in [-0.2, -0.15) is 0 Å². The van der Waals surface area contributed by atoms with E-state index in [1.54, 1.807) is 6.92 Å². The quantitative estimate of drug-likeness (QED) is 0.885. The summed E-state index contributed by atoms with van der Waals surface area (Å²) in [5, 5.41) is 9.94. The van der Waals surface area contributed by atoms with Gasteiger partial charge >= 0.3 is 0 Å². The van der Waals surface area contributed by atoms with Crippen molar-refractivity contribution in [2.24, 2.45) is 0 Å². The van der Waals surface area contributed by atoms with Gasteiger partial charge in [0.2, 0.25) is 0 Å². The van der Waals surface area contributed by atoms with Crippen LogP contribution >= 0.6 is 15.9 Å². The molecule has 100 valence electrons. The molecule has 0 fully saturated rings. The number of para-hydroxylation sites is 1. The predicted octanol–water partition coefficient (Wildman–Crippen LogP) is 4.66. The maximum atomic E-state index is 9.94. The largest absolute Gasteiger partial charge is 0.389 e. The molecule has 2 nitrogen and oxygen atoms in total. The third kappa shape index (κ3) is 3.17. The van der Waals surface area contributed by atoms with Gasteiger partial charge in [0.1, 0.15) is 0 Å². The molecular weight excluding hydrogens is 302 g/mol. The first kappa shape index (κ1) is 14.1. The first-order valence-electron chi connectivity index (χ1n) is 6.43. The minimum atomic E-state index is -0.485. The van der Waals surface area contributed by atoms with Crippen LogP contribution in [0.2, 0.25) is 0 Å². The van der Waals surface area contributed by atoms with E-state index in [4.69, 9.17) is 0 Å². The van der Waals surface area contributed by atoms with Gasteiger partial charge in [0, 0.05) is 28.0 Å². The van der Waals surface area contributed by atoms with Gasteiger partial charge in [-0.05, 0) is 38.1 Å². The lowest BCUT2D eigenvalue weighted by molar-refractivity contribution is 0.199. The number of hydrogen-bond donors (Lipinski definition) is 1. The monoisotopic (exact) mass is 319 g/mol. The number of hydrogen-bond acceptors (Lipinski definition) is 2. The number of rotatable bonds is 4. The van der Waals surface area contributed by atoms with Crippen molar-refractivity contribution in [3.63, 3.8) is 0 Å². The fraction of sp³-hybridized carbons (Fsp3) is 0.250. The van der Waals surface area contributed by atoms with E-state index < -0.39 is 6.10 Å². The topological polar surface area (TPSA) is 23.5 Å². The van der Waals surface area contributed by atoms with Crippen molar-refractivity contribution in [3.05, 3.63) is 58.6 Å². The standard InChI is InChI=1S/C16H18BrNO/c1-3-18(14-7-5-4-6-8-14)16-11-13(17)9-10-15(16)12(2)19/h4-12,19H,3H2,1-2H3. The molecule has 1 atom stereocenters. The molecule has 0 heterocycles. The van der Waals surface area contributed by atoms with E-state index in [0.717, 1.165) is 28.0 Å². The molecular formula is C16H18BrNO. The minimum Gasteiger partial charge on any atom is -0.389 e. The van der Waals surface area contributed by atoms with Crippen molar-refractivity contribution in [3.8, 4) is 0 Å². The molecule has 1 unspecified atom stereocenters. The number of benzene rings is 2. The second-order valence-corrected chi connectivity index (χ2v) is 5.37. The van der Waals surface area contributed by atoms with E-state index in [-0.39, 0.29) is 0 Å². The van der Waals surface area contributed by atoms with Crippen LogP contribution in [0.4, 0.5) is 11.4 Å². The first-order valence-corrected chi connectivity index (χ1v) is 7.23. The Morgan fingerprint density at radius 1 is 1.16 bits per heavy atom. The van der Waals surface area contributed by atoms with Gasteiger partial charge in [0.05, 0.1) is 6.10 Å². The van der Waals surface area contributed by atoms with Crippen LogP contribution in [-0.4, -0.2) is 11.7 Å². The molecule has 0 bridgehead atoms. The lowest BCUT2D eigenvalue weighted by Gasteiger charge is -2.27. The Morgan fingerprint density at radius 3 is 2.42 bits per heavy atom. The highest BCUT2D eigenvalue weighted by atomic mass is 79.9. The minimum absolute atomic E-state index is 0.485. The van der Waals surface area contributed by atoms with Gasteiger partial charge in [0.25, 0.3) is 0 Å². The number of halogens is 1. The van der Waals surface area contributed by atoms with Gasteiger partial charge in [-0.3, -0.25) is 0 Å². The molecule has 2 aromatic rings. The maximum absolute atomic E-state index is 9.94. The van der Waals surface area contributed by atoms with E-state index in [0.29, 0.717) is 0 Å². The van der Waals surface area contributed by atoms with Crippen molar-refractivity contribution < 1.29 is 5.11 Å². The molecule has 2 aromatic carbocycles. The highest BCUT2D eigenvalue weighted by Gasteiger charge is 2.15. The highest BCUT2D eigenvalue weighted by Crippen LogP contribution is 2.34. The molecule has 0 saturated heterocycles. The van der Waals surface area contributed by atoms with Gasteiger partial charge in [-0.15, -0.1) is 0 Å². The van der Waals surface area contributed by atoms with Crippen molar-refractivity contribution in [2.75, 3.05) is 11.4 Å². The van der Waals surface area contributed by atoms with Crippen molar-refractivity contribution in [1.29, 1.82) is 0 Å². The number of nitrogens with zero attached hydrogens (tertiary/aromatic N) is 1. The number of aliphatic hydroxyl groups excluding tert-OH is 1. The van der Waals surface area contributed by atoms with Gasteiger partial charge in [-0.25, -0.2) is 0 Å². The van der Waals surface area contributed by atoms with E-state index in [9.17, 15) is 5.11 Å². The van der Waals surface area contributed by atoms with Crippen molar-refractivity contribution >= 4 is 27.3 Å². The molecule has 0 saturated carbocycles. The third-order valence-corrected chi connectivity index (χ3v) is 3.61. The number of aliphatic hydroxyl groups is 1. The van der Waals surface area contributed by atoms with Gasteiger partial charge in [-0.1, -0.05) is 40.2 Å². The normalized spacial score (nSPS) is 12.2. The predicted molar refractivity (Wildman–Crippen MR) is 83.9 cm³/mol. The van der Waals surface area contributed by atoms with Crippen LogP contribution in [0.5, 0.6) is 0 Å². The molecule has 19 heavy (non-hydrogen) atoms. The summed E-state index contributed by atoms with van der Waals surface area (Å²) in [6.07, 6.45) is -0.485. The summed E-state index contributed by atoms with van der Waals surface area (Å²) in [4.78, 5) is 2.20. The van der Waals surface area contributed by atoms with E-state index in [1.807, 2.05) is 30.3 Å².